The summed E-state index contributed by atoms with van der Waals surface area (Å²) >= 11 is 0. The van der Waals surface area contributed by atoms with E-state index in [9.17, 15) is 4.79 Å². The van der Waals surface area contributed by atoms with Crippen LogP contribution in [-0.2, 0) is 11.3 Å². The van der Waals surface area contributed by atoms with Gasteiger partial charge in [-0.15, -0.1) is 0 Å². The van der Waals surface area contributed by atoms with Crippen LogP contribution in [0.3, 0.4) is 0 Å². The molecule has 0 aliphatic carbocycles. The van der Waals surface area contributed by atoms with Gasteiger partial charge in [0.1, 0.15) is 0 Å². The van der Waals surface area contributed by atoms with Crippen molar-refractivity contribution >= 4 is 5.91 Å². The number of nitrogens with zero attached hydrogens (tertiary/aromatic N) is 2. The number of aromatic nitrogens is 1. The largest absolute Gasteiger partial charge is 0.493 e. The number of hydrogen-bond donors (Lipinski definition) is 0. The minimum Gasteiger partial charge on any atom is -0.493 e. The van der Waals surface area contributed by atoms with Crippen LogP contribution in [0.2, 0.25) is 0 Å². The number of likely N-dealkylation sites (tertiary alicyclic amines) is 1. The minimum atomic E-state index is -0.0166. The first kappa shape index (κ1) is 18.2. The number of ether oxygens (including phenoxy) is 3. The molecule has 6 heteroatoms. The Bertz CT molecular complexity index is 736. The fourth-order valence-electron chi connectivity index (χ4n) is 3.10. The predicted octanol–water partition coefficient (Wildman–Crippen LogP) is 2.92. The quantitative estimate of drug-likeness (QED) is 0.796. The Kier molecular flexibility index (Phi) is 6.07. The van der Waals surface area contributed by atoms with E-state index in [2.05, 4.69) is 4.98 Å². The third-order valence-electron chi connectivity index (χ3n) is 4.49. The maximum atomic E-state index is 12.8. The van der Waals surface area contributed by atoms with Crippen molar-refractivity contribution < 1.29 is 19.0 Å². The lowest BCUT2D eigenvalue weighted by Gasteiger charge is -2.32. The molecule has 0 radical (unpaired) electrons. The van der Waals surface area contributed by atoms with E-state index in [0.717, 1.165) is 25.1 Å². The Labute approximate surface area is 153 Å². The van der Waals surface area contributed by atoms with Crippen LogP contribution in [0.4, 0.5) is 0 Å². The molecule has 0 N–H and O–H groups in total. The lowest BCUT2D eigenvalue weighted by Crippen LogP contribution is -2.43. The SMILES string of the molecule is COc1ccc(C(=O)N2CCC[C@H](OCc3ccccn3)C2)cc1OC. The summed E-state index contributed by atoms with van der Waals surface area (Å²) in [7, 11) is 3.14. The Balaban J connectivity index is 1.62. The van der Waals surface area contributed by atoms with E-state index >= 15 is 0 Å². The molecule has 3 rings (SSSR count). The van der Waals surface area contributed by atoms with E-state index in [-0.39, 0.29) is 12.0 Å². The number of amides is 1. The fraction of sp³-hybridized carbons (Fsp3) is 0.400. The van der Waals surface area contributed by atoms with Gasteiger partial charge in [-0.3, -0.25) is 9.78 Å². The maximum absolute atomic E-state index is 12.8. The summed E-state index contributed by atoms with van der Waals surface area (Å²) in [5.41, 5.74) is 1.49. The van der Waals surface area contributed by atoms with Crippen molar-refractivity contribution in [1.29, 1.82) is 0 Å². The molecule has 0 saturated carbocycles. The summed E-state index contributed by atoms with van der Waals surface area (Å²) < 4.78 is 16.5. The Morgan fingerprint density at radius 1 is 1.19 bits per heavy atom. The third-order valence-corrected chi connectivity index (χ3v) is 4.49. The predicted molar refractivity (Wildman–Crippen MR) is 97.5 cm³/mol. The molecule has 6 nitrogen and oxygen atoms in total. The summed E-state index contributed by atoms with van der Waals surface area (Å²) in [6.45, 7) is 1.78. The summed E-state index contributed by atoms with van der Waals surface area (Å²) in [5, 5.41) is 0. The molecule has 1 saturated heterocycles. The van der Waals surface area contributed by atoms with Gasteiger partial charge in [-0.1, -0.05) is 6.07 Å². The molecule has 1 aromatic carbocycles. The zero-order valence-corrected chi connectivity index (χ0v) is 15.2. The maximum Gasteiger partial charge on any atom is 0.254 e. The molecule has 1 aliphatic rings. The van der Waals surface area contributed by atoms with E-state index in [1.165, 1.54) is 0 Å². The van der Waals surface area contributed by atoms with Gasteiger partial charge in [0.2, 0.25) is 0 Å². The summed E-state index contributed by atoms with van der Waals surface area (Å²) in [4.78, 5) is 19.0. The van der Waals surface area contributed by atoms with Crippen molar-refractivity contribution in [2.75, 3.05) is 27.3 Å². The average Bonchev–Trinajstić information content (AvgIpc) is 2.72. The molecular weight excluding hydrogens is 332 g/mol. The van der Waals surface area contributed by atoms with Gasteiger partial charge < -0.3 is 19.1 Å². The van der Waals surface area contributed by atoms with Crippen LogP contribution in [-0.4, -0.2) is 49.2 Å². The van der Waals surface area contributed by atoms with Crippen molar-refractivity contribution in [3.63, 3.8) is 0 Å². The highest BCUT2D eigenvalue weighted by molar-refractivity contribution is 5.95. The van der Waals surface area contributed by atoms with Gasteiger partial charge in [-0.2, -0.15) is 0 Å². The number of rotatable bonds is 6. The van der Waals surface area contributed by atoms with Gasteiger partial charge in [-0.25, -0.2) is 0 Å². The van der Waals surface area contributed by atoms with E-state index < -0.39 is 0 Å². The Morgan fingerprint density at radius 2 is 2.04 bits per heavy atom. The van der Waals surface area contributed by atoms with Crippen molar-refractivity contribution in [1.82, 2.24) is 9.88 Å². The molecule has 26 heavy (non-hydrogen) atoms. The molecule has 1 aromatic heterocycles. The second kappa shape index (κ2) is 8.67. The van der Waals surface area contributed by atoms with Gasteiger partial charge >= 0.3 is 0 Å². The molecule has 0 bridgehead atoms. The first-order valence-electron chi connectivity index (χ1n) is 8.74. The van der Waals surface area contributed by atoms with Crippen LogP contribution in [0.5, 0.6) is 11.5 Å². The monoisotopic (exact) mass is 356 g/mol. The van der Waals surface area contributed by atoms with Crippen LogP contribution in [0.1, 0.15) is 28.9 Å². The van der Waals surface area contributed by atoms with Crippen LogP contribution in [0, 0.1) is 0 Å². The number of benzene rings is 1. The minimum absolute atomic E-state index is 0.0166. The molecule has 2 aromatic rings. The van der Waals surface area contributed by atoms with Gasteiger partial charge in [0.05, 0.1) is 32.6 Å². The van der Waals surface area contributed by atoms with E-state index in [1.807, 2.05) is 23.1 Å². The zero-order chi connectivity index (χ0) is 18.4. The topological polar surface area (TPSA) is 60.9 Å². The molecule has 1 atom stereocenters. The molecule has 0 unspecified atom stereocenters. The lowest BCUT2D eigenvalue weighted by atomic mass is 10.1. The number of piperidine rings is 1. The molecule has 138 valence electrons. The average molecular weight is 356 g/mol. The van der Waals surface area contributed by atoms with Crippen molar-refractivity contribution in [2.24, 2.45) is 0 Å². The number of carbonyl (C=O) groups excluding carboxylic acids is 1. The Morgan fingerprint density at radius 3 is 2.77 bits per heavy atom. The van der Waals surface area contributed by atoms with Gasteiger partial charge in [0.25, 0.3) is 5.91 Å². The summed E-state index contributed by atoms with van der Waals surface area (Å²) in [6.07, 6.45) is 3.65. The number of carbonyl (C=O) groups is 1. The van der Waals surface area contributed by atoms with E-state index in [0.29, 0.717) is 30.2 Å². The first-order chi connectivity index (χ1) is 12.7. The van der Waals surface area contributed by atoms with Crippen LogP contribution in [0.25, 0.3) is 0 Å². The Hall–Kier alpha value is -2.60. The molecule has 1 amide bonds. The normalized spacial score (nSPS) is 17.0. The summed E-state index contributed by atoms with van der Waals surface area (Å²) in [6, 6.07) is 11.0. The van der Waals surface area contributed by atoms with Crippen molar-refractivity contribution in [3.8, 4) is 11.5 Å². The molecule has 2 heterocycles. The second-order valence-electron chi connectivity index (χ2n) is 6.22. The van der Waals surface area contributed by atoms with E-state index in [4.69, 9.17) is 14.2 Å². The smallest absolute Gasteiger partial charge is 0.254 e. The van der Waals surface area contributed by atoms with Crippen LogP contribution >= 0.6 is 0 Å². The van der Waals surface area contributed by atoms with Gasteiger partial charge in [0, 0.05) is 24.8 Å². The highest BCUT2D eigenvalue weighted by Gasteiger charge is 2.25. The fourth-order valence-corrected chi connectivity index (χ4v) is 3.10. The molecule has 1 aliphatic heterocycles. The van der Waals surface area contributed by atoms with Crippen molar-refractivity contribution in [3.05, 3.63) is 53.9 Å². The van der Waals surface area contributed by atoms with Crippen molar-refractivity contribution in [2.45, 2.75) is 25.6 Å². The number of methoxy groups -OCH3 is 2. The summed E-state index contributed by atoms with van der Waals surface area (Å²) in [5.74, 6) is 1.15. The van der Waals surface area contributed by atoms with Crippen LogP contribution in [0.15, 0.2) is 42.6 Å². The highest BCUT2D eigenvalue weighted by atomic mass is 16.5. The number of pyridine rings is 1. The zero-order valence-electron chi connectivity index (χ0n) is 15.2. The van der Waals surface area contributed by atoms with Gasteiger partial charge in [0.15, 0.2) is 11.5 Å². The van der Waals surface area contributed by atoms with Gasteiger partial charge in [-0.05, 0) is 43.2 Å². The number of hydrogen-bond acceptors (Lipinski definition) is 5. The third kappa shape index (κ3) is 4.32. The molecule has 1 fully saturated rings. The highest BCUT2D eigenvalue weighted by Crippen LogP contribution is 2.28. The standard InChI is InChI=1S/C20H24N2O4/c1-24-18-9-8-15(12-19(18)25-2)20(23)22-11-5-7-17(13-22)26-14-16-6-3-4-10-21-16/h3-4,6,8-10,12,17H,5,7,11,13-14H2,1-2H3/t17-/m0/s1. The second-order valence-corrected chi connectivity index (χ2v) is 6.22. The van der Waals surface area contributed by atoms with E-state index in [1.54, 1.807) is 38.6 Å². The van der Waals surface area contributed by atoms with Crippen LogP contribution < -0.4 is 9.47 Å². The first-order valence-corrected chi connectivity index (χ1v) is 8.74. The molecular formula is C20H24N2O4. The molecule has 0 spiro atoms. The lowest BCUT2D eigenvalue weighted by molar-refractivity contribution is -0.00786.